The normalized spacial score (nSPS) is 18.8. The maximum atomic E-state index is 5.32. The molecule has 0 saturated carbocycles. The van der Waals surface area contributed by atoms with Gasteiger partial charge in [-0.05, 0) is 40.4 Å². The van der Waals surface area contributed by atoms with Gasteiger partial charge in [0, 0.05) is 10.7 Å². The van der Waals surface area contributed by atoms with Crippen LogP contribution in [0.2, 0.25) is 0 Å². The van der Waals surface area contributed by atoms with E-state index in [0.717, 1.165) is 17.7 Å². The quantitative estimate of drug-likeness (QED) is 0.720. The second kappa shape index (κ2) is 4.50. The lowest BCUT2D eigenvalue weighted by Crippen LogP contribution is -2.20. The highest BCUT2D eigenvalue weighted by Crippen LogP contribution is 2.35. The van der Waals surface area contributed by atoms with E-state index < -0.39 is 0 Å². The molecule has 0 amide bonds. The van der Waals surface area contributed by atoms with Gasteiger partial charge in [-0.1, -0.05) is 7.92 Å². The van der Waals surface area contributed by atoms with Gasteiger partial charge in [-0.15, -0.1) is 0 Å². The molecular weight excluding hydrogens is 249 g/mol. The van der Waals surface area contributed by atoms with E-state index in [1.807, 2.05) is 6.20 Å². The van der Waals surface area contributed by atoms with E-state index in [9.17, 15) is 0 Å². The predicted molar refractivity (Wildman–Crippen MR) is 59.0 cm³/mol. The Kier molecular flexibility index (Phi) is 3.31. The van der Waals surface area contributed by atoms with Crippen LogP contribution in [0, 0.1) is 0 Å². The zero-order valence-electron chi connectivity index (χ0n) is 7.24. The Bertz CT molecular complexity index is 271. The maximum absolute atomic E-state index is 5.32. The third-order valence-electron chi connectivity index (χ3n) is 2.05. The minimum atomic E-state index is -0.0362. The molecule has 13 heavy (non-hydrogen) atoms. The lowest BCUT2D eigenvalue weighted by molar-refractivity contribution is 0.159. The molecule has 0 N–H and O–H groups in total. The third kappa shape index (κ3) is 2.49. The summed E-state index contributed by atoms with van der Waals surface area (Å²) in [6, 6.07) is 4.20. The molecule has 1 aliphatic heterocycles. The molecule has 0 unspecified atom stereocenters. The Morgan fingerprint density at radius 2 is 2.08 bits per heavy atom. The topological polar surface area (TPSA) is 22.1 Å². The molecule has 4 heteroatoms. The Labute approximate surface area is 87.6 Å². The first kappa shape index (κ1) is 9.57. The molecule has 0 atom stereocenters. The van der Waals surface area contributed by atoms with Crippen molar-refractivity contribution in [3.63, 3.8) is 0 Å². The number of pyridine rings is 1. The highest BCUT2D eigenvalue weighted by molar-refractivity contribution is 9.10. The van der Waals surface area contributed by atoms with Crippen LogP contribution in [-0.2, 0) is 4.74 Å². The van der Waals surface area contributed by atoms with Gasteiger partial charge in [0.2, 0.25) is 0 Å². The summed E-state index contributed by atoms with van der Waals surface area (Å²) < 4.78 is 6.38. The van der Waals surface area contributed by atoms with Gasteiger partial charge in [-0.25, -0.2) is 0 Å². The van der Waals surface area contributed by atoms with E-state index in [0.29, 0.717) is 0 Å². The zero-order valence-corrected chi connectivity index (χ0v) is 9.72. The van der Waals surface area contributed by atoms with Crippen molar-refractivity contribution >= 4 is 29.3 Å². The third-order valence-corrected chi connectivity index (χ3v) is 4.87. The molecular formula is C9H11BrNOP. The smallest absolute Gasteiger partial charge is 0.0633 e. The summed E-state index contributed by atoms with van der Waals surface area (Å²) in [7, 11) is -0.0362. The summed E-state index contributed by atoms with van der Waals surface area (Å²) in [6.45, 7) is 1.81. The molecule has 2 nitrogen and oxygen atoms in total. The van der Waals surface area contributed by atoms with E-state index in [4.69, 9.17) is 4.74 Å². The first-order chi connectivity index (χ1) is 6.36. The fourth-order valence-corrected chi connectivity index (χ4v) is 3.47. The van der Waals surface area contributed by atoms with Crippen LogP contribution in [0.25, 0.3) is 0 Å². The van der Waals surface area contributed by atoms with Crippen LogP contribution in [0.15, 0.2) is 22.8 Å². The van der Waals surface area contributed by atoms with Gasteiger partial charge in [0.25, 0.3) is 0 Å². The molecule has 0 radical (unpaired) electrons. The molecule has 1 aromatic rings. The Balaban J connectivity index is 2.10. The Hall–Kier alpha value is 0.0200. The number of ether oxygens (including phenoxy) is 1. The number of hydrogen-bond acceptors (Lipinski definition) is 2. The van der Waals surface area contributed by atoms with Crippen LogP contribution in [0.1, 0.15) is 0 Å². The predicted octanol–water partition coefficient (Wildman–Crippen LogP) is 1.98. The van der Waals surface area contributed by atoms with E-state index in [-0.39, 0.29) is 7.92 Å². The van der Waals surface area contributed by atoms with E-state index in [1.165, 1.54) is 17.8 Å². The second-order valence-corrected chi connectivity index (χ2v) is 6.28. The minimum Gasteiger partial charge on any atom is -0.381 e. The average molecular weight is 260 g/mol. The molecule has 0 aromatic carbocycles. The van der Waals surface area contributed by atoms with Gasteiger partial charge in [0.15, 0.2) is 0 Å². The van der Waals surface area contributed by atoms with Crippen LogP contribution in [0.4, 0.5) is 0 Å². The minimum absolute atomic E-state index is 0.0362. The van der Waals surface area contributed by atoms with Crippen LogP contribution >= 0.6 is 23.9 Å². The number of aromatic nitrogens is 1. The van der Waals surface area contributed by atoms with Crippen molar-refractivity contribution < 1.29 is 4.74 Å². The van der Waals surface area contributed by atoms with Gasteiger partial charge < -0.3 is 4.74 Å². The molecule has 1 aromatic heterocycles. The van der Waals surface area contributed by atoms with Crippen molar-refractivity contribution in [2.24, 2.45) is 0 Å². The SMILES string of the molecule is Brc1ccc(P2CCOCC2)nc1. The summed E-state index contributed by atoms with van der Waals surface area (Å²) in [5, 5.41) is 0. The summed E-state index contributed by atoms with van der Waals surface area (Å²) in [6.07, 6.45) is 4.22. The Morgan fingerprint density at radius 3 is 2.69 bits per heavy atom. The molecule has 70 valence electrons. The zero-order chi connectivity index (χ0) is 9.10. The second-order valence-electron chi connectivity index (χ2n) is 2.93. The van der Waals surface area contributed by atoms with Crippen molar-refractivity contribution in [2.45, 2.75) is 0 Å². The molecule has 0 spiro atoms. The van der Waals surface area contributed by atoms with E-state index >= 15 is 0 Å². The molecule has 1 saturated heterocycles. The van der Waals surface area contributed by atoms with E-state index in [1.54, 1.807) is 0 Å². The number of hydrogen-bond donors (Lipinski definition) is 0. The first-order valence-corrected chi connectivity index (χ1v) is 6.81. The molecule has 1 aliphatic rings. The number of rotatable bonds is 1. The summed E-state index contributed by atoms with van der Waals surface area (Å²) in [4.78, 5) is 4.43. The largest absolute Gasteiger partial charge is 0.381 e. The van der Waals surface area contributed by atoms with Crippen molar-refractivity contribution in [2.75, 3.05) is 25.5 Å². The Morgan fingerprint density at radius 1 is 1.31 bits per heavy atom. The first-order valence-electron chi connectivity index (χ1n) is 4.30. The van der Waals surface area contributed by atoms with Gasteiger partial charge in [0.1, 0.15) is 0 Å². The fourth-order valence-electron chi connectivity index (χ4n) is 1.35. The molecule has 2 heterocycles. The summed E-state index contributed by atoms with van der Waals surface area (Å²) >= 11 is 3.39. The van der Waals surface area contributed by atoms with Crippen molar-refractivity contribution in [3.8, 4) is 0 Å². The van der Waals surface area contributed by atoms with Crippen molar-refractivity contribution in [1.82, 2.24) is 4.98 Å². The van der Waals surface area contributed by atoms with Crippen LogP contribution in [0.3, 0.4) is 0 Å². The molecule has 0 bridgehead atoms. The molecule has 2 rings (SSSR count). The lowest BCUT2D eigenvalue weighted by atomic mass is 10.5. The van der Waals surface area contributed by atoms with Crippen molar-refractivity contribution in [1.29, 1.82) is 0 Å². The van der Waals surface area contributed by atoms with E-state index in [2.05, 4.69) is 33.0 Å². The molecule has 0 aliphatic carbocycles. The monoisotopic (exact) mass is 259 g/mol. The molecule has 1 fully saturated rings. The number of nitrogens with zero attached hydrogens (tertiary/aromatic N) is 1. The van der Waals surface area contributed by atoms with Gasteiger partial charge in [-0.3, -0.25) is 4.98 Å². The van der Waals surface area contributed by atoms with Crippen molar-refractivity contribution in [3.05, 3.63) is 22.8 Å². The van der Waals surface area contributed by atoms with Gasteiger partial charge >= 0.3 is 0 Å². The number of halogens is 1. The van der Waals surface area contributed by atoms with Crippen LogP contribution < -0.4 is 5.44 Å². The highest BCUT2D eigenvalue weighted by atomic mass is 79.9. The average Bonchev–Trinajstić information content (AvgIpc) is 2.20. The van der Waals surface area contributed by atoms with Gasteiger partial charge in [-0.2, -0.15) is 0 Å². The summed E-state index contributed by atoms with van der Waals surface area (Å²) in [5.41, 5.74) is 1.27. The fraction of sp³-hybridized carbons (Fsp3) is 0.444. The maximum Gasteiger partial charge on any atom is 0.0633 e. The summed E-state index contributed by atoms with van der Waals surface area (Å²) in [5.74, 6) is 0. The van der Waals surface area contributed by atoms with Crippen LogP contribution in [-0.4, -0.2) is 30.5 Å². The lowest BCUT2D eigenvalue weighted by Gasteiger charge is -2.21. The highest BCUT2D eigenvalue weighted by Gasteiger charge is 2.15. The van der Waals surface area contributed by atoms with Gasteiger partial charge in [0.05, 0.1) is 18.6 Å². The standard InChI is InChI=1S/C9H11BrNOP/c10-8-1-2-9(11-7-8)13-5-3-12-4-6-13/h1-2,7H,3-6H2. The van der Waals surface area contributed by atoms with Crippen LogP contribution in [0.5, 0.6) is 0 Å².